The Bertz CT molecular complexity index is 641. The Kier molecular flexibility index (Phi) is 2.70. The van der Waals surface area contributed by atoms with E-state index in [1.165, 1.54) is 0 Å². The molecular formula is C16H16O3. The van der Waals surface area contributed by atoms with Gasteiger partial charge < -0.3 is 9.84 Å². The predicted molar refractivity (Wildman–Crippen MR) is 73.7 cm³/mol. The Hall–Kier alpha value is -2.03. The average molecular weight is 256 g/mol. The van der Waals surface area contributed by atoms with Gasteiger partial charge in [-0.1, -0.05) is 30.3 Å². The highest BCUT2D eigenvalue weighted by molar-refractivity contribution is 5.90. The quantitative estimate of drug-likeness (QED) is 0.912. The summed E-state index contributed by atoms with van der Waals surface area (Å²) in [5.41, 5.74) is 0.827. The summed E-state index contributed by atoms with van der Waals surface area (Å²) >= 11 is 0. The first-order valence-corrected chi connectivity index (χ1v) is 6.44. The third-order valence-electron chi connectivity index (χ3n) is 3.98. The first-order valence-electron chi connectivity index (χ1n) is 6.44. The molecule has 19 heavy (non-hydrogen) atoms. The number of hydrogen-bond donors (Lipinski definition) is 1. The molecule has 2 aromatic carbocycles. The third-order valence-corrected chi connectivity index (χ3v) is 3.98. The zero-order valence-electron chi connectivity index (χ0n) is 10.8. The number of carboxylic acids is 1. The highest BCUT2D eigenvalue weighted by atomic mass is 16.5. The fourth-order valence-electron chi connectivity index (χ4n) is 2.92. The number of hydrogen-bond acceptors (Lipinski definition) is 2. The molecule has 0 aliphatic heterocycles. The Balaban J connectivity index is 2.23. The molecule has 1 saturated carbocycles. The number of rotatable bonds is 4. The standard InChI is InChI=1S/C16H16O3/c1-19-13-7-6-11-4-2-3-5-12(11)15(13)16(8-9-16)10-14(17)18/h2-7H,8-10H2,1H3,(H,17,18). The van der Waals surface area contributed by atoms with E-state index in [0.29, 0.717) is 0 Å². The molecule has 0 radical (unpaired) electrons. The van der Waals surface area contributed by atoms with Crippen LogP contribution in [-0.4, -0.2) is 18.2 Å². The maximum absolute atomic E-state index is 11.1. The Morgan fingerprint density at radius 2 is 2.00 bits per heavy atom. The zero-order chi connectivity index (χ0) is 13.5. The lowest BCUT2D eigenvalue weighted by Gasteiger charge is -2.19. The number of benzene rings is 2. The van der Waals surface area contributed by atoms with Gasteiger partial charge >= 0.3 is 5.97 Å². The monoisotopic (exact) mass is 256 g/mol. The highest BCUT2D eigenvalue weighted by Crippen LogP contribution is 2.55. The fraction of sp³-hybridized carbons (Fsp3) is 0.312. The first-order chi connectivity index (χ1) is 9.16. The van der Waals surface area contributed by atoms with E-state index in [1.54, 1.807) is 7.11 Å². The summed E-state index contributed by atoms with van der Waals surface area (Å²) in [6.45, 7) is 0. The van der Waals surface area contributed by atoms with Crippen molar-refractivity contribution in [3.8, 4) is 5.75 Å². The van der Waals surface area contributed by atoms with Crippen molar-refractivity contribution in [1.29, 1.82) is 0 Å². The fourth-order valence-corrected chi connectivity index (χ4v) is 2.92. The summed E-state index contributed by atoms with van der Waals surface area (Å²) in [6.07, 6.45) is 2.02. The molecule has 1 N–H and O–H groups in total. The van der Waals surface area contributed by atoms with E-state index in [-0.39, 0.29) is 11.8 Å². The van der Waals surface area contributed by atoms with Crippen LogP contribution in [0, 0.1) is 0 Å². The Morgan fingerprint density at radius 3 is 2.63 bits per heavy atom. The minimum atomic E-state index is -0.743. The lowest BCUT2D eigenvalue weighted by molar-refractivity contribution is -0.137. The van der Waals surface area contributed by atoms with Crippen LogP contribution in [0.4, 0.5) is 0 Å². The van der Waals surface area contributed by atoms with Gasteiger partial charge in [0.15, 0.2) is 0 Å². The Morgan fingerprint density at radius 1 is 1.26 bits per heavy atom. The van der Waals surface area contributed by atoms with Crippen molar-refractivity contribution in [2.24, 2.45) is 0 Å². The molecule has 0 heterocycles. The van der Waals surface area contributed by atoms with Crippen molar-refractivity contribution in [2.75, 3.05) is 7.11 Å². The maximum atomic E-state index is 11.1. The van der Waals surface area contributed by atoms with Gasteiger partial charge in [-0.25, -0.2) is 0 Å². The van der Waals surface area contributed by atoms with Crippen LogP contribution >= 0.6 is 0 Å². The number of carboxylic acid groups (broad SMARTS) is 1. The van der Waals surface area contributed by atoms with E-state index in [1.807, 2.05) is 24.3 Å². The average Bonchev–Trinajstić information content (AvgIpc) is 3.17. The highest BCUT2D eigenvalue weighted by Gasteiger charge is 2.48. The molecule has 3 nitrogen and oxygen atoms in total. The van der Waals surface area contributed by atoms with E-state index >= 15 is 0 Å². The predicted octanol–water partition coefficient (Wildman–Crippen LogP) is 3.35. The molecule has 98 valence electrons. The molecule has 0 spiro atoms. The summed E-state index contributed by atoms with van der Waals surface area (Å²) in [4.78, 5) is 11.1. The van der Waals surface area contributed by atoms with Crippen LogP contribution in [-0.2, 0) is 10.2 Å². The van der Waals surface area contributed by atoms with Gasteiger partial charge in [0.2, 0.25) is 0 Å². The van der Waals surface area contributed by atoms with E-state index in [0.717, 1.165) is 34.9 Å². The van der Waals surface area contributed by atoms with E-state index < -0.39 is 5.97 Å². The summed E-state index contributed by atoms with van der Waals surface area (Å²) in [6, 6.07) is 12.1. The number of ether oxygens (including phenoxy) is 1. The lowest BCUT2D eigenvalue weighted by Crippen LogP contribution is -2.14. The largest absolute Gasteiger partial charge is 0.496 e. The van der Waals surface area contributed by atoms with Crippen LogP contribution in [0.15, 0.2) is 36.4 Å². The van der Waals surface area contributed by atoms with Crippen molar-refractivity contribution < 1.29 is 14.6 Å². The van der Waals surface area contributed by atoms with Gasteiger partial charge in [0, 0.05) is 11.0 Å². The SMILES string of the molecule is COc1ccc2ccccc2c1C1(CC(=O)O)CC1. The minimum Gasteiger partial charge on any atom is -0.496 e. The van der Waals surface area contributed by atoms with Gasteiger partial charge in [-0.05, 0) is 29.7 Å². The first kappa shape index (κ1) is 12.0. The van der Waals surface area contributed by atoms with E-state index in [2.05, 4.69) is 12.1 Å². The van der Waals surface area contributed by atoms with Crippen molar-refractivity contribution in [1.82, 2.24) is 0 Å². The van der Waals surface area contributed by atoms with Gasteiger partial charge in [-0.3, -0.25) is 4.79 Å². The van der Waals surface area contributed by atoms with E-state index in [4.69, 9.17) is 9.84 Å². The molecule has 0 amide bonds. The van der Waals surface area contributed by atoms with Crippen molar-refractivity contribution in [3.63, 3.8) is 0 Å². The van der Waals surface area contributed by atoms with Crippen LogP contribution in [0.1, 0.15) is 24.8 Å². The molecule has 0 bridgehead atoms. The maximum Gasteiger partial charge on any atom is 0.304 e. The normalized spacial score (nSPS) is 16.3. The summed E-state index contributed by atoms with van der Waals surface area (Å²) in [7, 11) is 1.64. The van der Waals surface area contributed by atoms with Crippen LogP contribution in [0.5, 0.6) is 5.75 Å². The molecule has 0 aromatic heterocycles. The van der Waals surface area contributed by atoms with Gasteiger partial charge in [0.25, 0.3) is 0 Å². The van der Waals surface area contributed by atoms with E-state index in [9.17, 15) is 4.79 Å². The summed E-state index contributed by atoms with van der Waals surface area (Å²) < 4.78 is 5.47. The molecular weight excluding hydrogens is 240 g/mol. The third kappa shape index (κ3) is 1.95. The second kappa shape index (κ2) is 4.26. The molecule has 2 aromatic rings. The van der Waals surface area contributed by atoms with Gasteiger partial charge in [0.05, 0.1) is 13.5 Å². The van der Waals surface area contributed by atoms with Crippen LogP contribution < -0.4 is 4.74 Å². The summed E-state index contributed by atoms with van der Waals surface area (Å²) in [5, 5.41) is 11.4. The second-order valence-corrected chi connectivity index (χ2v) is 5.21. The van der Waals surface area contributed by atoms with Crippen LogP contribution in [0.3, 0.4) is 0 Å². The number of fused-ring (bicyclic) bond motifs is 1. The summed E-state index contributed by atoms with van der Waals surface area (Å²) in [5.74, 6) is 0.0601. The molecule has 1 fully saturated rings. The van der Waals surface area contributed by atoms with Crippen molar-refractivity contribution in [2.45, 2.75) is 24.7 Å². The van der Waals surface area contributed by atoms with Crippen LogP contribution in [0.2, 0.25) is 0 Å². The lowest BCUT2D eigenvalue weighted by atomic mass is 9.87. The Labute approximate surface area is 111 Å². The van der Waals surface area contributed by atoms with Gasteiger partial charge in [-0.15, -0.1) is 0 Å². The molecule has 0 unspecified atom stereocenters. The number of carbonyl (C=O) groups is 1. The van der Waals surface area contributed by atoms with Crippen LogP contribution in [0.25, 0.3) is 10.8 Å². The number of methoxy groups -OCH3 is 1. The molecule has 1 aliphatic rings. The van der Waals surface area contributed by atoms with Gasteiger partial charge in [-0.2, -0.15) is 0 Å². The van der Waals surface area contributed by atoms with Gasteiger partial charge in [0.1, 0.15) is 5.75 Å². The molecule has 0 saturated heterocycles. The topological polar surface area (TPSA) is 46.5 Å². The molecule has 3 rings (SSSR count). The molecule has 3 heteroatoms. The second-order valence-electron chi connectivity index (χ2n) is 5.21. The minimum absolute atomic E-state index is 0.178. The molecule has 1 aliphatic carbocycles. The van der Waals surface area contributed by atoms with Crippen molar-refractivity contribution >= 4 is 16.7 Å². The zero-order valence-corrected chi connectivity index (χ0v) is 10.8. The van der Waals surface area contributed by atoms with Crippen molar-refractivity contribution in [3.05, 3.63) is 42.0 Å². The smallest absolute Gasteiger partial charge is 0.304 e. The molecule has 0 atom stereocenters. The number of aliphatic carboxylic acids is 1.